The number of likely N-dealkylation sites (N-methyl/N-ethyl adjacent to an activating group) is 1. The number of nitrogens with zero attached hydrogens (tertiary/aromatic N) is 2. The van der Waals surface area contributed by atoms with Crippen LogP contribution in [-0.4, -0.2) is 50.3 Å². The summed E-state index contributed by atoms with van der Waals surface area (Å²) in [6.07, 6.45) is 0. The molecule has 0 spiro atoms. The second kappa shape index (κ2) is 7.83. The fourth-order valence-electron chi connectivity index (χ4n) is 1.35. The molecule has 4 N–H and O–H groups in total. The molecule has 0 atom stereocenters. The first-order valence-corrected chi connectivity index (χ1v) is 5.61. The lowest BCUT2D eigenvalue weighted by Gasteiger charge is -2.16. The molecule has 0 saturated carbocycles. The normalized spacial score (nSPS) is 10.6. The van der Waals surface area contributed by atoms with E-state index in [1.165, 1.54) is 0 Å². The fourth-order valence-corrected chi connectivity index (χ4v) is 1.35. The van der Waals surface area contributed by atoms with Crippen LogP contribution in [0.4, 0.5) is 11.6 Å². The molecule has 1 rings (SSSR count). The van der Waals surface area contributed by atoms with Crippen LogP contribution >= 0.6 is 0 Å². The van der Waals surface area contributed by atoms with Crippen LogP contribution in [0.25, 0.3) is 0 Å². The summed E-state index contributed by atoms with van der Waals surface area (Å²) in [7, 11) is 3.77. The number of pyridine rings is 1. The van der Waals surface area contributed by atoms with Crippen molar-refractivity contribution in [2.45, 2.75) is 0 Å². The van der Waals surface area contributed by atoms with E-state index in [0.717, 1.165) is 32.1 Å². The third-order valence-electron chi connectivity index (χ3n) is 2.37. The summed E-state index contributed by atoms with van der Waals surface area (Å²) >= 11 is 0. The summed E-state index contributed by atoms with van der Waals surface area (Å²) in [5.41, 5.74) is 2.52. The van der Waals surface area contributed by atoms with Crippen molar-refractivity contribution in [3.63, 3.8) is 0 Å². The Labute approximate surface area is 102 Å². The van der Waals surface area contributed by atoms with Gasteiger partial charge in [0, 0.05) is 26.7 Å². The molecular weight excluding hydrogens is 218 g/mol. The number of methoxy groups -OCH3 is 1. The van der Waals surface area contributed by atoms with Gasteiger partial charge in [-0.3, -0.25) is 0 Å². The maximum Gasteiger partial charge on any atom is 0.142 e. The van der Waals surface area contributed by atoms with Gasteiger partial charge in [-0.1, -0.05) is 6.07 Å². The van der Waals surface area contributed by atoms with E-state index < -0.39 is 0 Å². The Morgan fingerprint density at radius 3 is 2.82 bits per heavy atom. The summed E-state index contributed by atoms with van der Waals surface area (Å²) in [5, 5.41) is 3.24. The highest BCUT2D eigenvalue weighted by Crippen LogP contribution is 2.07. The van der Waals surface area contributed by atoms with Gasteiger partial charge in [-0.25, -0.2) is 10.8 Å². The lowest BCUT2D eigenvalue weighted by molar-refractivity contribution is 0.163. The van der Waals surface area contributed by atoms with E-state index in [1.807, 2.05) is 18.2 Å². The Bertz CT molecular complexity index is 320. The number of hydrazine groups is 1. The first-order valence-electron chi connectivity index (χ1n) is 5.61. The third kappa shape index (κ3) is 5.48. The number of nitrogens with one attached hydrogen (secondary N) is 2. The Balaban J connectivity index is 2.25. The van der Waals surface area contributed by atoms with Crippen LogP contribution in [0.5, 0.6) is 0 Å². The zero-order valence-electron chi connectivity index (χ0n) is 10.4. The molecule has 0 saturated heterocycles. The molecule has 0 unspecified atom stereocenters. The van der Waals surface area contributed by atoms with Gasteiger partial charge in [-0.2, -0.15) is 0 Å². The minimum atomic E-state index is 0.655. The van der Waals surface area contributed by atoms with Gasteiger partial charge in [0.25, 0.3) is 0 Å². The van der Waals surface area contributed by atoms with Crippen molar-refractivity contribution in [2.75, 3.05) is 51.1 Å². The van der Waals surface area contributed by atoms with E-state index in [9.17, 15) is 0 Å². The average Bonchev–Trinajstić information content (AvgIpc) is 2.36. The molecule has 0 amide bonds. The number of hydrogen-bond acceptors (Lipinski definition) is 6. The molecule has 0 bridgehead atoms. The lowest BCUT2D eigenvalue weighted by Crippen LogP contribution is -2.28. The Hall–Kier alpha value is -1.37. The molecule has 6 heteroatoms. The summed E-state index contributed by atoms with van der Waals surface area (Å²) in [6.45, 7) is 3.45. The average molecular weight is 239 g/mol. The summed E-state index contributed by atoms with van der Waals surface area (Å²) in [4.78, 5) is 6.46. The van der Waals surface area contributed by atoms with E-state index in [4.69, 9.17) is 10.6 Å². The van der Waals surface area contributed by atoms with Crippen LogP contribution in [0, 0.1) is 0 Å². The number of rotatable bonds is 8. The van der Waals surface area contributed by atoms with Gasteiger partial charge in [0.2, 0.25) is 0 Å². The molecule has 6 nitrogen and oxygen atoms in total. The van der Waals surface area contributed by atoms with Gasteiger partial charge < -0.3 is 20.4 Å². The zero-order valence-corrected chi connectivity index (χ0v) is 10.4. The quantitative estimate of drug-likeness (QED) is 0.449. The van der Waals surface area contributed by atoms with Crippen molar-refractivity contribution in [2.24, 2.45) is 5.84 Å². The second-order valence-electron chi connectivity index (χ2n) is 3.78. The first-order chi connectivity index (χ1) is 8.26. The van der Waals surface area contributed by atoms with Crippen molar-refractivity contribution in [3.05, 3.63) is 18.2 Å². The van der Waals surface area contributed by atoms with Crippen molar-refractivity contribution in [1.82, 2.24) is 9.88 Å². The van der Waals surface area contributed by atoms with E-state index in [1.54, 1.807) is 7.11 Å². The molecule has 0 radical (unpaired) electrons. The Morgan fingerprint density at radius 2 is 2.12 bits per heavy atom. The molecule has 0 fully saturated rings. The van der Waals surface area contributed by atoms with Gasteiger partial charge in [0.1, 0.15) is 11.6 Å². The van der Waals surface area contributed by atoms with Crippen LogP contribution in [0.15, 0.2) is 18.2 Å². The molecule has 1 heterocycles. The SMILES string of the molecule is COCCN(C)CCNc1cccc(NN)n1. The van der Waals surface area contributed by atoms with Crippen LogP contribution in [0.2, 0.25) is 0 Å². The molecule has 0 aliphatic carbocycles. The molecule has 0 aliphatic rings. The molecular formula is C11H21N5O. The fraction of sp³-hybridized carbons (Fsp3) is 0.545. The standard InChI is InChI=1S/C11H21N5O/c1-16(8-9-17-2)7-6-13-10-4-3-5-11(14-10)15-12/h3-5H,6-9,12H2,1-2H3,(H2,13,14,15). The number of nitrogen functional groups attached to an aromatic ring is 1. The third-order valence-corrected chi connectivity index (χ3v) is 2.37. The molecule has 1 aromatic heterocycles. The molecule has 1 aromatic rings. The Kier molecular flexibility index (Phi) is 6.31. The predicted octanol–water partition coefficient (Wildman–Crippen LogP) is 0.357. The molecule has 0 aliphatic heterocycles. The molecule has 96 valence electrons. The highest BCUT2D eigenvalue weighted by atomic mass is 16.5. The van der Waals surface area contributed by atoms with Crippen molar-refractivity contribution >= 4 is 11.6 Å². The number of hydrogen-bond donors (Lipinski definition) is 3. The largest absolute Gasteiger partial charge is 0.383 e. The maximum absolute atomic E-state index is 5.29. The lowest BCUT2D eigenvalue weighted by atomic mass is 10.4. The topological polar surface area (TPSA) is 75.4 Å². The van der Waals surface area contributed by atoms with Crippen LogP contribution in [0.1, 0.15) is 0 Å². The summed E-state index contributed by atoms with van der Waals surface area (Å²) in [5.74, 6) is 6.76. The summed E-state index contributed by atoms with van der Waals surface area (Å²) < 4.78 is 5.01. The zero-order chi connectivity index (χ0) is 12.5. The van der Waals surface area contributed by atoms with Crippen LogP contribution in [0.3, 0.4) is 0 Å². The van der Waals surface area contributed by atoms with Gasteiger partial charge in [0.05, 0.1) is 6.61 Å². The number of nitrogens with two attached hydrogens (primary N) is 1. The first kappa shape index (κ1) is 13.7. The molecule has 0 aromatic carbocycles. The van der Waals surface area contributed by atoms with E-state index in [0.29, 0.717) is 5.82 Å². The summed E-state index contributed by atoms with van der Waals surface area (Å²) in [6, 6.07) is 5.63. The van der Waals surface area contributed by atoms with Gasteiger partial charge in [-0.15, -0.1) is 0 Å². The van der Waals surface area contributed by atoms with E-state index in [-0.39, 0.29) is 0 Å². The minimum Gasteiger partial charge on any atom is -0.383 e. The van der Waals surface area contributed by atoms with Crippen LogP contribution < -0.4 is 16.6 Å². The maximum atomic E-state index is 5.29. The number of ether oxygens (including phenoxy) is 1. The van der Waals surface area contributed by atoms with E-state index in [2.05, 4.69) is 27.7 Å². The second-order valence-corrected chi connectivity index (χ2v) is 3.78. The molecule has 17 heavy (non-hydrogen) atoms. The monoisotopic (exact) mass is 239 g/mol. The van der Waals surface area contributed by atoms with Crippen molar-refractivity contribution in [3.8, 4) is 0 Å². The van der Waals surface area contributed by atoms with Crippen LogP contribution in [-0.2, 0) is 4.74 Å². The van der Waals surface area contributed by atoms with Gasteiger partial charge >= 0.3 is 0 Å². The smallest absolute Gasteiger partial charge is 0.142 e. The highest BCUT2D eigenvalue weighted by Gasteiger charge is 1.98. The number of aromatic nitrogens is 1. The van der Waals surface area contributed by atoms with E-state index >= 15 is 0 Å². The van der Waals surface area contributed by atoms with Gasteiger partial charge in [-0.05, 0) is 19.2 Å². The Morgan fingerprint density at radius 1 is 1.35 bits per heavy atom. The van der Waals surface area contributed by atoms with Crippen molar-refractivity contribution in [1.29, 1.82) is 0 Å². The predicted molar refractivity (Wildman–Crippen MR) is 69.9 cm³/mol. The number of anilines is 2. The highest BCUT2D eigenvalue weighted by molar-refractivity contribution is 5.44. The van der Waals surface area contributed by atoms with Crippen molar-refractivity contribution < 1.29 is 4.74 Å². The van der Waals surface area contributed by atoms with Gasteiger partial charge in [0.15, 0.2) is 0 Å². The minimum absolute atomic E-state index is 0.655.